The zero-order chi connectivity index (χ0) is 18.9. The second kappa shape index (κ2) is 6.47. The van der Waals surface area contributed by atoms with E-state index >= 15 is 0 Å². The van der Waals surface area contributed by atoms with Crippen molar-refractivity contribution in [2.75, 3.05) is 0 Å². The fourth-order valence-corrected chi connectivity index (χ4v) is 2.61. The molecule has 26 heavy (non-hydrogen) atoms. The highest BCUT2D eigenvalue weighted by atomic mass is 19.4. The van der Waals surface area contributed by atoms with Crippen LogP contribution in [0.15, 0.2) is 41.8 Å². The lowest BCUT2D eigenvalue weighted by atomic mass is 10.00. The molecule has 2 heterocycles. The summed E-state index contributed by atoms with van der Waals surface area (Å²) in [7, 11) is 0. The molecule has 0 bridgehead atoms. The van der Waals surface area contributed by atoms with Crippen LogP contribution in [0, 0.1) is 0 Å². The van der Waals surface area contributed by atoms with E-state index < -0.39 is 24.4 Å². The van der Waals surface area contributed by atoms with Crippen molar-refractivity contribution in [2.45, 2.75) is 38.8 Å². The maximum Gasteiger partial charge on any atom is 0.470 e. The molecule has 1 aromatic carbocycles. The Bertz CT molecular complexity index is 843. The number of nitrogens with zero attached hydrogens (tertiary/aromatic N) is 3. The second-order valence-electron chi connectivity index (χ2n) is 5.81. The molecular weight excluding hydrogens is 351 g/mol. The summed E-state index contributed by atoms with van der Waals surface area (Å²) in [6.07, 6.45) is -2.02. The fourth-order valence-electron chi connectivity index (χ4n) is 2.61. The molecule has 3 rings (SSSR count). The van der Waals surface area contributed by atoms with Gasteiger partial charge in [-0.05, 0) is 18.1 Å². The number of oxime groups is 1. The summed E-state index contributed by atoms with van der Waals surface area (Å²) in [4.78, 5) is 15.6. The lowest BCUT2D eigenvalue weighted by Gasteiger charge is -2.27. The van der Waals surface area contributed by atoms with E-state index in [0.717, 1.165) is 24.6 Å². The first-order valence-corrected chi connectivity index (χ1v) is 7.89. The van der Waals surface area contributed by atoms with Crippen molar-refractivity contribution < 1.29 is 27.5 Å². The molecule has 6 nitrogen and oxygen atoms in total. The molecule has 1 aromatic heterocycles. The normalized spacial score (nSPS) is 19.8. The molecule has 0 spiro atoms. The smallest absolute Gasteiger partial charge is 0.412 e. The Morgan fingerprint density at radius 1 is 1.27 bits per heavy atom. The summed E-state index contributed by atoms with van der Waals surface area (Å²) in [5.41, 5.74) is 2.27. The summed E-state index contributed by atoms with van der Waals surface area (Å²) >= 11 is 0. The highest BCUT2D eigenvalue weighted by molar-refractivity contribution is 6.02. The Hall–Kier alpha value is -2.84. The van der Waals surface area contributed by atoms with Crippen LogP contribution >= 0.6 is 0 Å². The van der Waals surface area contributed by atoms with E-state index in [4.69, 9.17) is 0 Å². The van der Waals surface area contributed by atoms with E-state index in [1.807, 2.05) is 13.1 Å². The highest BCUT2D eigenvalue weighted by Crippen LogP contribution is 2.42. The van der Waals surface area contributed by atoms with E-state index in [-0.39, 0.29) is 5.71 Å². The van der Waals surface area contributed by atoms with Crippen molar-refractivity contribution in [3.8, 4) is 11.1 Å². The average molecular weight is 367 g/mol. The van der Waals surface area contributed by atoms with Gasteiger partial charge in [-0.2, -0.15) is 18.3 Å². The maximum absolute atomic E-state index is 13.3. The van der Waals surface area contributed by atoms with Crippen LogP contribution in [0.2, 0.25) is 0 Å². The molecule has 0 fully saturated rings. The number of aryl methyl sites for hydroxylation is 1. The number of alkyl halides is 3. The Labute approximate surface area is 147 Å². The Morgan fingerprint density at radius 3 is 2.46 bits per heavy atom. The van der Waals surface area contributed by atoms with Gasteiger partial charge in [0.25, 0.3) is 0 Å². The number of esters is 1. The molecule has 9 heteroatoms. The van der Waals surface area contributed by atoms with Gasteiger partial charge in [-0.25, -0.2) is 0 Å². The lowest BCUT2D eigenvalue weighted by molar-refractivity contribution is -0.357. The zero-order valence-corrected chi connectivity index (χ0v) is 14.1. The first-order valence-electron chi connectivity index (χ1n) is 7.89. The van der Waals surface area contributed by atoms with Crippen LogP contribution in [0.1, 0.15) is 25.8 Å². The van der Waals surface area contributed by atoms with Gasteiger partial charge >= 0.3 is 17.9 Å². The van der Waals surface area contributed by atoms with Crippen LogP contribution in [0.25, 0.3) is 11.1 Å². The van der Waals surface area contributed by atoms with Crippen molar-refractivity contribution in [1.82, 2.24) is 9.78 Å². The topological polar surface area (TPSA) is 65.7 Å². The maximum atomic E-state index is 13.3. The largest absolute Gasteiger partial charge is 0.470 e. The Kier molecular flexibility index (Phi) is 4.47. The SMILES string of the molecule is CCn1cc(-c2ccc(C3=NOC(OC(C)=O)(C(F)(F)F)C3)cc2)cn1. The van der Waals surface area contributed by atoms with E-state index in [2.05, 4.69) is 19.8 Å². The standard InChI is InChI=1S/C17H16F3N3O3/c1-3-23-10-14(9-21-23)12-4-6-13(7-5-12)15-8-16(26-22-15,17(18,19)20)25-11(2)24/h4-7,9-10H,3,8H2,1-2H3. The van der Waals surface area contributed by atoms with E-state index in [9.17, 15) is 18.0 Å². The quantitative estimate of drug-likeness (QED) is 0.776. The Morgan fingerprint density at radius 2 is 1.92 bits per heavy atom. The van der Waals surface area contributed by atoms with Crippen LogP contribution in [-0.2, 0) is 20.9 Å². The first kappa shape index (κ1) is 18.0. The van der Waals surface area contributed by atoms with Crippen LogP contribution in [0.3, 0.4) is 0 Å². The van der Waals surface area contributed by atoms with Gasteiger partial charge in [0.1, 0.15) is 0 Å². The third-order valence-corrected chi connectivity index (χ3v) is 3.95. The van der Waals surface area contributed by atoms with Crippen molar-refractivity contribution in [3.63, 3.8) is 0 Å². The highest BCUT2D eigenvalue weighted by Gasteiger charge is 2.64. The van der Waals surface area contributed by atoms with Crippen LogP contribution in [0.5, 0.6) is 0 Å². The predicted octanol–water partition coefficient (Wildman–Crippen LogP) is 3.52. The van der Waals surface area contributed by atoms with E-state index in [0.29, 0.717) is 5.56 Å². The van der Waals surface area contributed by atoms with Gasteiger partial charge in [0.2, 0.25) is 0 Å². The summed E-state index contributed by atoms with van der Waals surface area (Å²) in [5.74, 6) is -4.17. The minimum absolute atomic E-state index is 0.0550. The molecule has 138 valence electrons. The van der Waals surface area contributed by atoms with Gasteiger partial charge in [0.15, 0.2) is 0 Å². The number of halogens is 3. The number of hydrogen-bond donors (Lipinski definition) is 0. The van der Waals surface area contributed by atoms with Gasteiger partial charge in [-0.1, -0.05) is 29.4 Å². The predicted molar refractivity (Wildman–Crippen MR) is 86.1 cm³/mol. The average Bonchev–Trinajstić information content (AvgIpc) is 3.21. The first-order chi connectivity index (χ1) is 12.2. The number of aromatic nitrogens is 2. The Balaban J connectivity index is 1.81. The lowest BCUT2D eigenvalue weighted by Crippen LogP contribution is -2.49. The van der Waals surface area contributed by atoms with Gasteiger partial charge < -0.3 is 9.57 Å². The van der Waals surface area contributed by atoms with Crippen molar-refractivity contribution in [1.29, 1.82) is 0 Å². The minimum Gasteiger partial charge on any atom is -0.412 e. The molecule has 0 saturated carbocycles. The van der Waals surface area contributed by atoms with E-state index in [1.165, 1.54) is 0 Å². The van der Waals surface area contributed by atoms with Crippen LogP contribution in [-0.4, -0.2) is 33.4 Å². The summed E-state index contributed by atoms with van der Waals surface area (Å²) in [6.45, 7) is 3.59. The molecular formula is C17H16F3N3O3. The monoisotopic (exact) mass is 367 g/mol. The van der Waals surface area contributed by atoms with Crippen LogP contribution in [0.4, 0.5) is 13.2 Å². The molecule has 2 aromatic rings. The molecule has 0 amide bonds. The third-order valence-electron chi connectivity index (χ3n) is 3.95. The van der Waals surface area contributed by atoms with Crippen molar-refractivity contribution >= 4 is 11.7 Å². The molecule has 0 saturated heterocycles. The van der Waals surface area contributed by atoms with Crippen molar-refractivity contribution in [2.24, 2.45) is 5.16 Å². The van der Waals surface area contributed by atoms with E-state index in [1.54, 1.807) is 35.1 Å². The van der Waals surface area contributed by atoms with Crippen LogP contribution < -0.4 is 0 Å². The molecule has 1 aliphatic heterocycles. The molecule has 1 unspecified atom stereocenters. The summed E-state index contributed by atoms with van der Waals surface area (Å²) in [6, 6.07) is 6.80. The minimum atomic E-state index is -4.90. The molecule has 1 atom stereocenters. The van der Waals surface area contributed by atoms with Crippen molar-refractivity contribution in [3.05, 3.63) is 42.2 Å². The summed E-state index contributed by atoms with van der Waals surface area (Å²) in [5, 5.41) is 7.69. The number of benzene rings is 1. The van der Waals surface area contributed by atoms with Gasteiger partial charge in [-0.3, -0.25) is 9.48 Å². The number of rotatable bonds is 4. The van der Waals surface area contributed by atoms with Gasteiger partial charge in [0.05, 0.1) is 18.3 Å². The number of carbonyl (C=O) groups is 1. The second-order valence-corrected chi connectivity index (χ2v) is 5.81. The molecule has 1 aliphatic rings. The number of hydrogen-bond acceptors (Lipinski definition) is 5. The molecule has 0 N–H and O–H groups in total. The number of carbonyl (C=O) groups excluding carboxylic acids is 1. The molecule has 0 aliphatic carbocycles. The molecule has 0 radical (unpaired) electrons. The summed E-state index contributed by atoms with van der Waals surface area (Å²) < 4.78 is 46.1. The fraction of sp³-hybridized carbons (Fsp3) is 0.353. The van der Waals surface area contributed by atoms with Gasteiger partial charge in [-0.15, -0.1) is 0 Å². The third kappa shape index (κ3) is 3.29. The number of ether oxygens (including phenoxy) is 1. The zero-order valence-electron chi connectivity index (χ0n) is 14.1. The van der Waals surface area contributed by atoms with Gasteiger partial charge in [0, 0.05) is 25.2 Å².